The molecule has 2 amide bonds. The summed E-state index contributed by atoms with van der Waals surface area (Å²) in [4.78, 5) is 27.4. The van der Waals surface area contributed by atoms with Gasteiger partial charge in [0.25, 0.3) is 0 Å². The van der Waals surface area contributed by atoms with Crippen LogP contribution in [0.1, 0.15) is 40.0 Å². The smallest absolute Gasteiger partial charge is 0.407 e. The molecular weight excluding hydrogens is 296 g/mol. The zero-order valence-electron chi connectivity index (χ0n) is 14.6. The van der Waals surface area contributed by atoms with E-state index in [0.29, 0.717) is 19.5 Å². The molecule has 0 aromatic rings. The normalized spacial score (nSPS) is 16.5. The predicted molar refractivity (Wildman–Crippen MR) is 86.7 cm³/mol. The van der Waals surface area contributed by atoms with E-state index in [4.69, 9.17) is 10.00 Å². The summed E-state index contributed by atoms with van der Waals surface area (Å²) >= 11 is 0. The third-order valence-electron chi connectivity index (χ3n) is 3.65. The van der Waals surface area contributed by atoms with Crippen molar-refractivity contribution in [3.63, 3.8) is 0 Å². The van der Waals surface area contributed by atoms with E-state index in [1.807, 2.05) is 26.8 Å². The standard InChI is InChI=1S/C16H28N4O3/c1-16(2,3)23-15(22)18-13-6-10-20(11-7-13)12-14(21)19(4)9-5-8-17/h13H,5-7,9-12H2,1-4H3,(H,18,22). The maximum atomic E-state index is 12.0. The van der Waals surface area contributed by atoms with Crippen molar-refractivity contribution in [1.82, 2.24) is 15.1 Å². The molecule has 0 aromatic carbocycles. The Labute approximate surface area is 138 Å². The number of amides is 2. The van der Waals surface area contributed by atoms with Crippen LogP contribution in [-0.4, -0.2) is 66.7 Å². The molecule has 0 unspecified atom stereocenters. The van der Waals surface area contributed by atoms with Crippen molar-refractivity contribution in [1.29, 1.82) is 5.26 Å². The fraction of sp³-hybridized carbons (Fsp3) is 0.812. The molecule has 0 bridgehead atoms. The zero-order chi connectivity index (χ0) is 17.5. The molecule has 1 rings (SSSR count). The van der Waals surface area contributed by atoms with E-state index < -0.39 is 5.60 Å². The first-order valence-corrected chi connectivity index (χ1v) is 8.04. The average molecular weight is 324 g/mol. The van der Waals surface area contributed by atoms with Gasteiger partial charge in [-0.2, -0.15) is 5.26 Å². The molecule has 0 aliphatic carbocycles. The van der Waals surface area contributed by atoms with Crippen LogP contribution >= 0.6 is 0 Å². The number of alkyl carbamates (subject to hydrolysis) is 1. The molecule has 1 heterocycles. The van der Waals surface area contributed by atoms with Crippen molar-refractivity contribution in [2.24, 2.45) is 0 Å². The highest BCUT2D eigenvalue weighted by Crippen LogP contribution is 2.12. The lowest BCUT2D eigenvalue weighted by molar-refractivity contribution is -0.131. The fourth-order valence-corrected chi connectivity index (χ4v) is 2.36. The third kappa shape index (κ3) is 7.84. The Morgan fingerprint density at radius 3 is 2.48 bits per heavy atom. The van der Waals surface area contributed by atoms with Crippen molar-refractivity contribution in [2.75, 3.05) is 33.2 Å². The molecule has 0 aromatic heterocycles. The summed E-state index contributed by atoms with van der Waals surface area (Å²) < 4.78 is 5.25. The first-order valence-electron chi connectivity index (χ1n) is 8.04. The zero-order valence-corrected chi connectivity index (χ0v) is 14.6. The molecule has 1 N–H and O–H groups in total. The van der Waals surface area contributed by atoms with Crippen LogP contribution in [0.2, 0.25) is 0 Å². The molecule has 1 aliphatic heterocycles. The van der Waals surface area contributed by atoms with Crippen LogP contribution in [0.4, 0.5) is 4.79 Å². The number of nitrogens with zero attached hydrogens (tertiary/aromatic N) is 3. The van der Waals surface area contributed by atoms with Gasteiger partial charge < -0.3 is 15.0 Å². The average Bonchev–Trinajstić information content (AvgIpc) is 2.44. The Morgan fingerprint density at radius 2 is 1.96 bits per heavy atom. The number of nitrogens with one attached hydrogen (secondary N) is 1. The maximum Gasteiger partial charge on any atom is 0.407 e. The number of carbonyl (C=O) groups excluding carboxylic acids is 2. The van der Waals surface area contributed by atoms with Gasteiger partial charge in [0.15, 0.2) is 0 Å². The minimum Gasteiger partial charge on any atom is -0.444 e. The molecule has 7 heteroatoms. The molecule has 1 fully saturated rings. The van der Waals surface area contributed by atoms with Gasteiger partial charge in [-0.1, -0.05) is 0 Å². The number of hydrogen-bond acceptors (Lipinski definition) is 5. The van der Waals surface area contributed by atoms with E-state index in [1.165, 1.54) is 0 Å². The fourth-order valence-electron chi connectivity index (χ4n) is 2.36. The summed E-state index contributed by atoms with van der Waals surface area (Å²) in [5.41, 5.74) is -0.495. The molecule has 0 atom stereocenters. The highest BCUT2D eigenvalue weighted by molar-refractivity contribution is 5.78. The molecule has 0 saturated carbocycles. The van der Waals surface area contributed by atoms with E-state index in [1.54, 1.807) is 11.9 Å². The second kappa shape index (κ2) is 8.73. The number of rotatable bonds is 5. The molecule has 1 saturated heterocycles. The quantitative estimate of drug-likeness (QED) is 0.825. The molecule has 23 heavy (non-hydrogen) atoms. The van der Waals surface area contributed by atoms with Gasteiger partial charge >= 0.3 is 6.09 Å². The number of likely N-dealkylation sites (tertiary alicyclic amines) is 1. The summed E-state index contributed by atoms with van der Waals surface area (Å²) in [6.45, 7) is 7.86. The van der Waals surface area contributed by atoms with Gasteiger partial charge in [-0.05, 0) is 33.6 Å². The maximum absolute atomic E-state index is 12.0. The summed E-state index contributed by atoms with van der Waals surface area (Å²) in [6, 6.07) is 2.13. The van der Waals surface area contributed by atoms with Crippen molar-refractivity contribution < 1.29 is 14.3 Å². The second-order valence-electron chi connectivity index (χ2n) is 6.92. The Bertz CT molecular complexity index is 445. The lowest BCUT2D eigenvalue weighted by Gasteiger charge is -2.33. The predicted octanol–water partition coefficient (Wildman–Crippen LogP) is 1.35. The van der Waals surface area contributed by atoms with Gasteiger partial charge in [-0.3, -0.25) is 9.69 Å². The molecule has 1 aliphatic rings. The van der Waals surface area contributed by atoms with Gasteiger partial charge in [-0.15, -0.1) is 0 Å². The van der Waals surface area contributed by atoms with Crippen LogP contribution in [0.3, 0.4) is 0 Å². The topological polar surface area (TPSA) is 85.7 Å². The van der Waals surface area contributed by atoms with Crippen LogP contribution in [-0.2, 0) is 9.53 Å². The number of carbonyl (C=O) groups is 2. The van der Waals surface area contributed by atoms with Crippen LogP contribution in [0.15, 0.2) is 0 Å². The van der Waals surface area contributed by atoms with Crippen LogP contribution < -0.4 is 5.32 Å². The monoisotopic (exact) mass is 324 g/mol. The first-order chi connectivity index (χ1) is 10.7. The van der Waals surface area contributed by atoms with Crippen molar-refractivity contribution in [3.05, 3.63) is 0 Å². The highest BCUT2D eigenvalue weighted by atomic mass is 16.6. The summed E-state index contributed by atoms with van der Waals surface area (Å²) in [5.74, 6) is 0.0267. The van der Waals surface area contributed by atoms with Crippen LogP contribution in [0, 0.1) is 11.3 Å². The number of ether oxygens (including phenoxy) is 1. The van der Waals surface area contributed by atoms with Gasteiger partial charge in [0.2, 0.25) is 5.91 Å². The third-order valence-corrected chi connectivity index (χ3v) is 3.65. The van der Waals surface area contributed by atoms with Gasteiger partial charge in [0.1, 0.15) is 5.60 Å². The SMILES string of the molecule is CN(CCC#N)C(=O)CN1CCC(NC(=O)OC(C)(C)C)CC1. The van der Waals surface area contributed by atoms with E-state index in [9.17, 15) is 9.59 Å². The molecule has 0 radical (unpaired) electrons. The van der Waals surface area contributed by atoms with E-state index >= 15 is 0 Å². The Hall–Kier alpha value is -1.81. The molecule has 130 valence electrons. The van der Waals surface area contributed by atoms with Crippen molar-refractivity contribution >= 4 is 12.0 Å². The largest absolute Gasteiger partial charge is 0.444 e. The Balaban J connectivity index is 2.29. The minimum absolute atomic E-state index is 0.0267. The van der Waals surface area contributed by atoms with Gasteiger partial charge in [0.05, 0.1) is 19.0 Å². The summed E-state index contributed by atoms with van der Waals surface area (Å²) in [5, 5.41) is 11.4. The van der Waals surface area contributed by atoms with Crippen LogP contribution in [0.5, 0.6) is 0 Å². The van der Waals surface area contributed by atoms with Crippen molar-refractivity contribution in [2.45, 2.75) is 51.7 Å². The summed E-state index contributed by atoms with van der Waals surface area (Å²) in [7, 11) is 1.72. The number of nitriles is 1. The van der Waals surface area contributed by atoms with Gasteiger partial charge in [0, 0.05) is 32.7 Å². The minimum atomic E-state index is -0.495. The van der Waals surface area contributed by atoms with Gasteiger partial charge in [-0.25, -0.2) is 4.79 Å². The first kappa shape index (κ1) is 19.2. The Morgan fingerprint density at radius 1 is 1.35 bits per heavy atom. The van der Waals surface area contributed by atoms with E-state index in [2.05, 4.69) is 10.2 Å². The lowest BCUT2D eigenvalue weighted by atomic mass is 10.1. The molecule has 7 nitrogen and oxygen atoms in total. The van der Waals surface area contributed by atoms with Crippen molar-refractivity contribution in [3.8, 4) is 6.07 Å². The highest BCUT2D eigenvalue weighted by Gasteiger charge is 2.25. The number of piperidine rings is 1. The second-order valence-corrected chi connectivity index (χ2v) is 6.92. The number of hydrogen-bond donors (Lipinski definition) is 1. The van der Waals surface area contributed by atoms with Crippen LogP contribution in [0.25, 0.3) is 0 Å². The van der Waals surface area contributed by atoms with E-state index in [0.717, 1.165) is 25.9 Å². The van der Waals surface area contributed by atoms with E-state index in [-0.39, 0.29) is 18.0 Å². The molecular formula is C16H28N4O3. The number of likely N-dealkylation sites (N-methyl/N-ethyl adjacent to an activating group) is 1. The lowest BCUT2D eigenvalue weighted by Crippen LogP contribution is -2.48. The summed E-state index contributed by atoms with van der Waals surface area (Å²) in [6.07, 6.45) is 1.57. The Kier molecular flexibility index (Phi) is 7.30. The molecule has 0 spiro atoms.